The van der Waals surface area contributed by atoms with Gasteiger partial charge in [-0.3, -0.25) is 29.0 Å². The Bertz CT molecular complexity index is 1500. The SMILES string of the molecule is COc1cccc(O)c1[C@H]1C2=CC[C@@H]3C(=O)N(c4ccc(I)cc4)C(=O)[C@@H]3[C@@H]2C[C@@]2(Cl)C(=O)N(C)C(=O)[C@@]12Cl. The van der Waals surface area contributed by atoms with Gasteiger partial charge in [-0.1, -0.05) is 17.7 Å². The number of rotatable bonds is 3. The quantitative estimate of drug-likeness (QED) is 0.226. The lowest BCUT2D eigenvalue weighted by Gasteiger charge is -2.50. The van der Waals surface area contributed by atoms with Crippen LogP contribution in [-0.2, 0) is 19.2 Å². The van der Waals surface area contributed by atoms with Crippen LogP contribution in [0.5, 0.6) is 11.5 Å². The summed E-state index contributed by atoms with van der Waals surface area (Å²) in [6.45, 7) is 0. The van der Waals surface area contributed by atoms with E-state index in [1.54, 1.807) is 24.3 Å². The van der Waals surface area contributed by atoms with Gasteiger partial charge in [-0.25, -0.2) is 0 Å². The molecule has 1 saturated carbocycles. The van der Waals surface area contributed by atoms with Crippen LogP contribution in [0.1, 0.15) is 24.3 Å². The van der Waals surface area contributed by atoms with E-state index in [0.29, 0.717) is 11.3 Å². The summed E-state index contributed by atoms with van der Waals surface area (Å²) in [5, 5.41) is 11.0. The summed E-state index contributed by atoms with van der Waals surface area (Å²) in [4.78, 5) is 52.9. The average Bonchev–Trinajstić information content (AvgIpc) is 3.24. The van der Waals surface area contributed by atoms with Gasteiger partial charge in [0.2, 0.25) is 11.8 Å². The molecule has 6 rings (SSSR count). The van der Waals surface area contributed by atoms with Crippen LogP contribution in [0.3, 0.4) is 0 Å². The van der Waals surface area contributed by atoms with E-state index in [1.165, 1.54) is 25.1 Å². The highest BCUT2D eigenvalue weighted by Crippen LogP contribution is 2.66. The predicted molar refractivity (Wildman–Crippen MR) is 152 cm³/mol. The molecular formula is C28H23Cl2IN2O6. The monoisotopic (exact) mass is 680 g/mol. The number of anilines is 1. The molecule has 2 aliphatic carbocycles. The number of hydrogen-bond donors (Lipinski definition) is 1. The second-order valence-electron chi connectivity index (χ2n) is 10.4. The molecule has 0 unspecified atom stereocenters. The number of methoxy groups -OCH3 is 1. The minimum absolute atomic E-state index is 0.119. The molecule has 4 aliphatic rings. The zero-order chi connectivity index (χ0) is 28.0. The summed E-state index contributed by atoms with van der Waals surface area (Å²) in [6.07, 6.45) is 1.93. The van der Waals surface area contributed by atoms with Crippen LogP contribution >= 0.6 is 45.8 Å². The highest BCUT2D eigenvalue weighted by molar-refractivity contribution is 14.1. The molecular weight excluding hydrogens is 658 g/mol. The molecule has 6 atom stereocenters. The van der Waals surface area contributed by atoms with Crippen molar-refractivity contribution in [2.45, 2.75) is 28.5 Å². The lowest BCUT2D eigenvalue weighted by molar-refractivity contribution is -0.138. The van der Waals surface area contributed by atoms with Gasteiger partial charge in [0.25, 0.3) is 11.8 Å². The number of carbonyl (C=O) groups excluding carboxylic acids is 4. The van der Waals surface area contributed by atoms with Crippen molar-refractivity contribution in [1.82, 2.24) is 4.90 Å². The molecule has 2 aliphatic heterocycles. The highest BCUT2D eigenvalue weighted by atomic mass is 127. The van der Waals surface area contributed by atoms with Gasteiger partial charge in [-0.15, -0.1) is 23.2 Å². The molecule has 0 radical (unpaired) electrons. The minimum atomic E-state index is -2.00. The molecule has 0 bridgehead atoms. The molecule has 202 valence electrons. The Kier molecular flexibility index (Phi) is 6.09. The maximum Gasteiger partial charge on any atom is 0.253 e. The molecule has 8 nitrogen and oxygen atoms in total. The van der Waals surface area contributed by atoms with Crippen LogP contribution in [0.4, 0.5) is 5.69 Å². The number of phenolic OH excluding ortho intramolecular Hbond substituents is 1. The standard InChI is InChI=1S/C28H23Cl2IN2O6/c1-32-25(37)27(29)12-17-15(22(28(27,30)26(32)38)21-18(34)4-3-5-19(21)39-2)10-11-16-20(17)24(36)33(23(16)35)14-8-6-13(31)7-9-14/h3-10,16-17,20,22,34H,11-12H2,1-2H3/t16-,17+,20-,22+,27+,28-/m0/s1. The van der Waals surface area contributed by atoms with Crippen molar-refractivity contribution in [3.8, 4) is 11.5 Å². The number of alkyl halides is 2. The van der Waals surface area contributed by atoms with Gasteiger partial charge in [0.15, 0.2) is 9.75 Å². The summed E-state index contributed by atoms with van der Waals surface area (Å²) in [5.74, 6) is -5.29. The topological polar surface area (TPSA) is 104 Å². The number of halogens is 3. The fraction of sp³-hybridized carbons (Fsp3) is 0.357. The maximum atomic E-state index is 14.0. The normalized spacial score (nSPS) is 33.6. The van der Waals surface area contributed by atoms with E-state index >= 15 is 0 Å². The van der Waals surface area contributed by atoms with Gasteiger partial charge in [-0.2, -0.15) is 0 Å². The highest BCUT2D eigenvalue weighted by Gasteiger charge is 2.76. The van der Waals surface area contributed by atoms with E-state index in [-0.39, 0.29) is 35.8 Å². The number of imide groups is 2. The van der Waals surface area contributed by atoms with Crippen molar-refractivity contribution in [3.05, 3.63) is 63.2 Å². The first-order valence-electron chi connectivity index (χ1n) is 12.4. The first-order valence-corrected chi connectivity index (χ1v) is 14.2. The number of nitrogens with zero attached hydrogens (tertiary/aromatic N) is 2. The van der Waals surface area contributed by atoms with Gasteiger partial charge < -0.3 is 9.84 Å². The van der Waals surface area contributed by atoms with E-state index in [1.807, 2.05) is 18.2 Å². The third kappa shape index (κ3) is 3.35. The Morgan fingerprint density at radius 2 is 1.69 bits per heavy atom. The zero-order valence-corrected chi connectivity index (χ0v) is 24.5. The molecule has 1 N–H and O–H groups in total. The van der Waals surface area contributed by atoms with Gasteiger partial charge in [0, 0.05) is 22.1 Å². The smallest absolute Gasteiger partial charge is 0.253 e. The number of phenols is 1. The lowest BCUT2D eigenvalue weighted by atomic mass is 9.56. The Balaban J connectivity index is 1.55. The summed E-state index contributed by atoms with van der Waals surface area (Å²) < 4.78 is 6.51. The predicted octanol–water partition coefficient (Wildman–Crippen LogP) is 4.20. The Morgan fingerprint density at radius 1 is 1.00 bits per heavy atom. The molecule has 2 aromatic rings. The minimum Gasteiger partial charge on any atom is -0.508 e. The van der Waals surface area contributed by atoms with Crippen LogP contribution in [0.15, 0.2) is 54.1 Å². The van der Waals surface area contributed by atoms with E-state index < -0.39 is 51.1 Å². The molecule has 0 spiro atoms. The molecule has 3 fully saturated rings. The fourth-order valence-corrected chi connectivity index (χ4v) is 8.27. The van der Waals surface area contributed by atoms with Crippen molar-refractivity contribution >= 4 is 75.1 Å². The van der Waals surface area contributed by atoms with Crippen LogP contribution < -0.4 is 9.64 Å². The van der Waals surface area contributed by atoms with Gasteiger partial charge in [-0.05, 0) is 77.7 Å². The number of aromatic hydroxyl groups is 1. The molecule has 2 heterocycles. The summed E-state index contributed by atoms with van der Waals surface area (Å²) in [6, 6.07) is 11.7. The van der Waals surface area contributed by atoms with E-state index in [4.69, 9.17) is 27.9 Å². The van der Waals surface area contributed by atoms with Crippen LogP contribution in [0, 0.1) is 21.3 Å². The molecule has 0 aromatic heterocycles. The second-order valence-corrected chi connectivity index (χ2v) is 12.9. The first-order chi connectivity index (χ1) is 18.5. The third-order valence-corrected chi connectivity index (χ3v) is 10.8. The average molecular weight is 681 g/mol. The van der Waals surface area contributed by atoms with Crippen molar-refractivity contribution in [1.29, 1.82) is 0 Å². The number of likely N-dealkylation sites (tertiary alicyclic amines) is 1. The van der Waals surface area contributed by atoms with E-state index in [2.05, 4.69) is 22.6 Å². The van der Waals surface area contributed by atoms with Crippen LogP contribution in [0.25, 0.3) is 0 Å². The van der Waals surface area contributed by atoms with Crippen molar-refractivity contribution in [2.24, 2.45) is 17.8 Å². The maximum absolute atomic E-state index is 14.0. The fourth-order valence-electron chi connectivity index (χ4n) is 6.91. The number of fused-ring (bicyclic) bond motifs is 4. The number of amides is 4. The van der Waals surface area contributed by atoms with Gasteiger partial charge in [0.05, 0.1) is 24.6 Å². The molecule has 4 amide bonds. The first kappa shape index (κ1) is 26.6. The van der Waals surface area contributed by atoms with Crippen LogP contribution in [0.2, 0.25) is 0 Å². The van der Waals surface area contributed by atoms with Gasteiger partial charge in [0.1, 0.15) is 11.5 Å². The van der Waals surface area contributed by atoms with Crippen molar-refractivity contribution in [2.75, 3.05) is 19.1 Å². The second kappa shape index (κ2) is 8.94. The Hall–Kier alpha value is -2.63. The zero-order valence-electron chi connectivity index (χ0n) is 20.9. The Morgan fingerprint density at radius 3 is 2.36 bits per heavy atom. The summed E-state index contributed by atoms with van der Waals surface area (Å²) >= 11 is 16.5. The number of carbonyl (C=O) groups is 4. The van der Waals surface area contributed by atoms with Crippen molar-refractivity contribution in [3.63, 3.8) is 0 Å². The molecule has 11 heteroatoms. The number of ether oxygens (including phenoxy) is 1. The van der Waals surface area contributed by atoms with E-state index in [9.17, 15) is 24.3 Å². The number of allylic oxidation sites excluding steroid dienone is 2. The molecule has 2 aromatic carbocycles. The Labute approximate surface area is 248 Å². The molecule has 2 saturated heterocycles. The van der Waals surface area contributed by atoms with E-state index in [0.717, 1.165) is 8.47 Å². The summed E-state index contributed by atoms with van der Waals surface area (Å²) in [7, 11) is 2.74. The lowest BCUT2D eigenvalue weighted by Crippen LogP contribution is -2.60. The number of hydrogen-bond acceptors (Lipinski definition) is 6. The van der Waals surface area contributed by atoms with Crippen LogP contribution in [-0.4, -0.2) is 57.5 Å². The number of benzene rings is 2. The third-order valence-electron chi connectivity index (χ3n) is 8.65. The summed E-state index contributed by atoms with van der Waals surface area (Å²) in [5.41, 5.74) is 1.26. The van der Waals surface area contributed by atoms with Gasteiger partial charge >= 0.3 is 0 Å². The van der Waals surface area contributed by atoms with Crippen molar-refractivity contribution < 1.29 is 29.0 Å². The largest absolute Gasteiger partial charge is 0.508 e. The molecule has 39 heavy (non-hydrogen) atoms.